The van der Waals surface area contributed by atoms with Gasteiger partial charge in [-0.05, 0) is 31.5 Å². The summed E-state index contributed by atoms with van der Waals surface area (Å²) in [7, 11) is -3.22. The van der Waals surface area contributed by atoms with Crippen LogP contribution in [0.5, 0.6) is 0 Å². The van der Waals surface area contributed by atoms with Gasteiger partial charge in [-0.1, -0.05) is 23.7 Å². The molecule has 0 radical (unpaired) electrons. The number of halogens is 1. The highest BCUT2D eigenvalue weighted by Gasteiger charge is 2.26. The van der Waals surface area contributed by atoms with Crippen molar-refractivity contribution in [2.24, 2.45) is 5.92 Å². The van der Waals surface area contributed by atoms with E-state index in [0.29, 0.717) is 10.7 Å². The van der Waals surface area contributed by atoms with Crippen molar-refractivity contribution in [3.8, 4) is 0 Å². The van der Waals surface area contributed by atoms with Crippen molar-refractivity contribution in [3.63, 3.8) is 0 Å². The van der Waals surface area contributed by atoms with Crippen LogP contribution in [0.25, 0.3) is 0 Å². The fourth-order valence-electron chi connectivity index (χ4n) is 2.24. The normalized spacial score (nSPS) is 19.7. The van der Waals surface area contributed by atoms with E-state index in [1.807, 2.05) is 6.92 Å². The standard InChI is InChI=1S/C16H18ClNO5S/c1-10-3-4-13(17)8-14(10)18-16(20)11(2)23-15(19)7-12-5-6-24(21,22)9-12/h3-6,8,11-12H,7,9H2,1-2H3,(H,18,20)/t11-,12-/m0/s1. The van der Waals surface area contributed by atoms with Crippen LogP contribution in [-0.4, -0.2) is 32.2 Å². The lowest BCUT2D eigenvalue weighted by atomic mass is 10.1. The SMILES string of the molecule is Cc1ccc(Cl)cc1NC(=O)[C@H](C)OC(=O)C[C@@H]1C=CS(=O)(=O)C1. The largest absolute Gasteiger partial charge is 0.453 e. The van der Waals surface area contributed by atoms with E-state index in [1.165, 1.54) is 13.0 Å². The second-order valence-electron chi connectivity index (χ2n) is 5.70. The number of aryl methyl sites for hydroxylation is 1. The Bertz CT molecular complexity index is 788. The molecule has 1 aromatic carbocycles. The number of sulfone groups is 1. The predicted molar refractivity (Wildman–Crippen MR) is 91.4 cm³/mol. The molecule has 0 spiro atoms. The zero-order chi connectivity index (χ0) is 17.9. The molecule has 1 heterocycles. The number of hydrogen-bond acceptors (Lipinski definition) is 5. The maximum Gasteiger partial charge on any atom is 0.307 e. The summed E-state index contributed by atoms with van der Waals surface area (Å²) < 4.78 is 27.7. The number of carbonyl (C=O) groups excluding carboxylic acids is 2. The second-order valence-corrected chi connectivity index (χ2v) is 8.07. The average molecular weight is 372 g/mol. The second kappa shape index (κ2) is 7.36. The first-order valence-corrected chi connectivity index (χ1v) is 9.43. The fraction of sp³-hybridized carbons (Fsp3) is 0.375. The van der Waals surface area contributed by atoms with Gasteiger partial charge in [-0.15, -0.1) is 0 Å². The van der Waals surface area contributed by atoms with E-state index in [9.17, 15) is 18.0 Å². The third-order valence-corrected chi connectivity index (χ3v) is 5.27. The first-order chi connectivity index (χ1) is 11.2. The van der Waals surface area contributed by atoms with Crippen molar-refractivity contribution in [1.29, 1.82) is 0 Å². The average Bonchev–Trinajstić information content (AvgIpc) is 2.81. The zero-order valence-electron chi connectivity index (χ0n) is 13.3. The van der Waals surface area contributed by atoms with Gasteiger partial charge in [0.25, 0.3) is 5.91 Å². The molecule has 0 fully saturated rings. The quantitative estimate of drug-likeness (QED) is 0.803. The molecule has 6 nitrogen and oxygen atoms in total. The molecule has 0 saturated carbocycles. The zero-order valence-corrected chi connectivity index (χ0v) is 14.9. The monoisotopic (exact) mass is 371 g/mol. The van der Waals surface area contributed by atoms with Crippen LogP contribution in [-0.2, 0) is 24.2 Å². The Morgan fingerprint density at radius 2 is 2.12 bits per heavy atom. The van der Waals surface area contributed by atoms with Crippen LogP contribution in [0.1, 0.15) is 18.9 Å². The third kappa shape index (κ3) is 5.07. The fourth-order valence-corrected chi connectivity index (χ4v) is 3.81. The lowest BCUT2D eigenvalue weighted by Gasteiger charge is -2.15. The maximum atomic E-state index is 12.1. The van der Waals surface area contributed by atoms with Crippen molar-refractivity contribution in [2.45, 2.75) is 26.4 Å². The number of amides is 1. The molecule has 1 aliphatic rings. The van der Waals surface area contributed by atoms with E-state index in [2.05, 4.69) is 5.32 Å². The molecule has 1 N–H and O–H groups in total. The van der Waals surface area contributed by atoms with Crippen molar-refractivity contribution < 1.29 is 22.7 Å². The molecule has 1 amide bonds. The number of nitrogens with one attached hydrogen (secondary N) is 1. The van der Waals surface area contributed by atoms with Crippen LogP contribution >= 0.6 is 11.6 Å². The van der Waals surface area contributed by atoms with E-state index in [0.717, 1.165) is 11.0 Å². The predicted octanol–water partition coefficient (Wildman–Crippen LogP) is 2.47. The minimum Gasteiger partial charge on any atom is -0.453 e. The Balaban J connectivity index is 1.88. The minimum atomic E-state index is -3.22. The summed E-state index contributed by atoms with van der Waals surface area (Å²) in [5.74, 6) is -1.62. The smallest absolute Gasteiger partial charge is 0.307 e. The molecule has 0 aromatic heterocycles. The molecule has 0 bridgehead atoms. The molecule has 0 aliphatic carbocycles. The minimum absolute atomic E-state index is 0.0798. The van der Waals surface area contributed by atoms with Gasteiger partial charge < -0.3 is 10.1 Å². The molecule has 2 rings (SSSR count). The lowest BCUT2D eigenvalue weighted by molar-refractivity contribution is -0.153. The van der Waals surface area contributed by atoms with Gasteiger partial charge >= 0.3 is 5.97 Å². The molecule has 0 unspecified atom stereocenters. The molecule has 0 saturated heterocycles. The van der Waals surface area contributed by atoms with Crippen molar-refractivity contribution in [2.75, 3.05) is 11.1 Å². The summed E-state index contributed by atoms with van der Waals surface area (Å²) >= 11 is 5.89. The number of anilines is 1. The molecule has 8 heteroatoms. The highest BCUT2D eigenvalue weighted by Crippen LogP contribution is 2.21. The van der Waals surface area contributed by atoms with Crippen molar-refractivity contribution in [3.05, 3.63) is 40.3 Å². The molecule has 24 heavy (non-hydrogen) atoms. The van der Waals surface area contributed by atoms with E-state index in [-0.39, 0.29) is 12.2 Å². The molecule has 130 valence electrons. The topological polar surface area (TPSA) is 89.5 Å². The van der Waals surface area contributed by atoms with Crippen LogP contribution in [0.3, 0.4) is 0 Å². The number of ether oxygens (including phenoxy) is 1. The maximum absolute atomic E-state index is 12.1. The first-order valence-electron chi connectivity index (χ1n) is 7.34. The van der Waals surface area contributed by atoms with Crippen LogP contribution in [0.4, 0.5) is 5.69 Å². The van der Waals surface area contributed by atoms with E-state index in [1.54, 1.807) is 18.2 Å². The number of rotatable bonds is 5. The van der Waals surface area contributed by atoms with Crippen molar-refractivity contribution >= 4 is 39.0 Å². The van der Waals surface area contributed by atoms with Crippen LogP contribution in [0.15, 0.2) is 29.7 Å². The van der Waals surface area contributed by atoms with Gasteiger partial charge in [0.2, 0.25) is 0 Å². The lowest BCUT2D eigenvalue weighted by Crippen LogP contribution is -2.30. The van der Waals surface area contributed by atoms with Gasteiger partial charge in [0.1, 0.15) is 0 Å². The van der Waals surface area contributed by atoms with Gasteiger partial charge in [-0.2, -0.15) is 0 Å². The molecule has 1 aliphatic heterocycles. The van der Waals surface area contributed by atoms with Gasteiger partial charge in [0.15, 0.2) is 15.9 Å². The van der Waals surface area contributed by atoms with Crippen LogP contribution in [0.2, 0.25) is 5.02 Å². The number of allylic oxidation sites excluding steroid dienone is 1. The summed E-state index contributed by atoms with van der Waals surface area (Å²) in [5, 5.41) is 4.23. The van der Waals surface area contributed by atoms with Crippen LogP contribution in [0, 0.1) is 12.8 Å². The molecular weight excluding hydrogens is 354 g/mol. The van der Waals surface area contributed by atoms with Gasteiger partial charge in [0, 0.05) is 22.0 Å². The number of carbonyl (C=O) groups is 2. The third-order valence-electron chi connectivity index (χ3n) is 3.57. The Morgan fingerprint density at radius 3 is 2.75 bits per heavy atom. The molecule has 2 atom stereocenters. The Kier molecular flexibility index (Phi) is 5.66. The summed E-state index contributed by atoms with van der Waals surface area (Å²) in [6, 6.07) is 5.08. The number of esters is 1. The Morgan fingerprint density at radius 1 is 1.42 bits per heavy atom. The summed E-state index contributed by atoms with van der Waals surface area (Å²) in [5.41, 5.74) is 1.37. The van der Waals surface area contributed by atoms with Gasteiger partial charge in [0.05, 0.1) is 12.2 Å². The molecule has 1 aromatic rings. The highest BCUT2D eigenvalue weighted by atomic mass is 35.5. The van der Waals surface area contributed by atoms with Crippen LogP contribution < -0.4 is 5.32 Å². The highest BCUT2D eigenvalue weighted by molar-refractivity contribution is 7.94. The van der Waals surface area contributed by atoms with Gasteiger partial charge in [-0.3, -0.25) is 9.59 Å². The number of hydrogen-bond donors (Lipinski definition) is 1. The number of benzene rings is 1. The van der Waals surface area contributed by atoms with Crippen molar-refractivity contribution in [1.82, 2.24) is 0 Å². The van der Waals surface area contributed by atoms with Gasteiger partial charge in [-0.25, -0.2) is 8.42 Å². The first kappa shape index (κ1) is 18.5. The van der Waals surface area contributed by atoms with E-state index < -0.39 is 33.7 Å². The van der Waals surface area contributed by atoms with E-state index in [4.69, 9.17) is 16.3 Å². The summed E-state index contributed by atoms with van der Waals surface area (Å²) in [4.78, 5) is 24.0. The summed E-state index contributed by atoms with van der Waals surface area (Å²) in [6.45, 7) is 3.27. The Hall–Kier alpha value is -1.86. The van der Waals surface area contributed by atoms with E-state index >= 15 is 0 Å². The molecular formula is C16H18ClNO5S. The summed E-state index contributed by atoms with van der Waals surface area (Å²) in [6.07, 6.45) is 0.387. The Labute approximate surface area is 145 Å².